The van der Waals surface area contributed by atoms with Crippen LogP contribution < -0.4 is 10.2 Å². The fourth-order valence-electron chi connectivity index (χ4n) is 2.13. The average molecular weight is 239 g/mol. The first-order valence-corrected chi connectivity index (χ1v) is 5.70. The second-order valence-corrected chi connectivity index (χ2v) is 4.76. The van der Waals surface area contributed by atoms with Crippen molar-refractivity contribution >= 4 is 28.9 Å². The van der Waals surface area contributed by atoms with Gasteiger partial charge in [0.15, 0.2) is 0 Å². The second kappa shape index (κ2) is 3.98. The van der Waals surface area contributed by atoms with Crippen molar-refractivity contribution in [2.24, 2.45) is 0 Å². The molecule has 0 aliphatic carbocycles. The van der Waals surface area contributed by atoms with Crippen molar-refractivity contribution < 1.29 is 4.79 Å². The summed E-state index contributed by atoms with van der Waals surface area (Å²) in [7, 11) is 1.81. The van der Waals surface area contributed by atoms with Gasteiger partial charge in [-0.2, -0.15) is 0 Å². The maximum absolute atomic E-state index is 11.9. The molecule has 0 aromatic heterocycles. The Balaban J connectivity index is 2.59. The monoisotopic (exact) mass is 238 g/mol. The van der Waals surface area contributed by atoms with Crippen LogP contribution in [0.3, 0.4) is 0 Å². The number of carbonyl (C=O) groups excluding carboxylic acids is 1. The van der Waals surface area contributed by atoms with Gasteiger partial charge in [-0.3, -0.25) is 4.79 Å². The Kier molecular flexibility index (Phi) is 2.80. The van der Waals surface area contributed by atoms with E-state index < -0.39 is 0 Å². The fourth-order valence-corrected chi connectivity index (χ4v) is 2.40. The highest BCUT2D eigenvalue weighted by Crippen LogP contribution is 2.35. The number of nitrogens with one attached hydrogen (secondary N) is 1. The Labute approximate surface area is 100 Å². The standard InChI is InChI=1S/C12H15ClN2O/c1-7-4-9(13)6-10-12(7)15(3)11(16)5-8(2)14-10/h4,6,8,14H,5H2,1-3H3. The normalized spacial score (nSPS) is 20.1. The third-order valence-electron chi connectivity index (χ3n) is 2.86. The average Bonchev–Trinajstić information content (AvgIpc) is 2.24. The lowest BCUT2D eigenvalue weighted by atomic mass is 10.1. The van der Waals surface area contributed by atoms with Crippen molar-refractivity contribution in [1.82, 2.24) is 0 Å². The van der Waals surface area contributed by atoms with E-state index in [-0.39, 0.29) is 11.9 Å². The molecule has 4 heteroatoms. The summed E-state index contributed by atoms with van der Waals surface area (Å²) in [5.41, 5.74) is 2.88. The number of hydrogen-bond donors (Lipinski definition) is 1. The molecule has 1 aliphatic heterocycles. The number of halogens is 1. The topological polar surface area (TPSA) is 32.3 Å². The first kappa shape index (κ1) is 11.3. The molecule has 0 saturated heterocycles. The number of anilines is 2. The smallest absolute Gasteiger partial charge is 0.228 e. The number of carbonyl (C=O) groups is 1. The molecular formula is C12H15ClN2O. The Morgan fingerprint density at radius 3 is 2.88 bits per heavy atom. The van der Waals surface area contributed by atoms with Gasteiger partial charge in [-0.05, 0) is 31.5 Å². The highest BCUT2D eigenvalue weighted by atomic mass is 35.5. The third kappa shape index (κ3) is 1.87. The van der Waals surface area contributed by atoms with E-state index in [2.05, 4.69) is 5.32 Å². The van der Waals surface area contributed by atoms with Crippen LogP contribution in [0.15, 0.2) is 12.1 Å². The number of amides is 1. The number of rotatable bonds is 0. The quantitative estimate of drug-likeness (QED) is 0.754. The maximum atomic E-state index is 11.9. The van der Waals surface area contributed by atoms with Crippen molar-refractivity contribution in [3.63, 3.8) is 0 Å². The minimum absolute atomic E-state index is 0.129. The van der Waals surface area contributed by atoms with Crippen LogP contribution >= 0.6 is 11.6 Å². The third-order valence-corrected chi connectivity index (χ3v) is 3.08. The summed E-state index contributed by atoms with van der Waals surface area (Å²) in [5.74, 6) is 0.129. The minimum atomic E-state index is 0.129. The van der Waals surface area contributed by atoms with Gasteiger partial charge in [-0.15, -0.1) is 0 Å². The molecule has 16 heavy (non-hydrogen) atoms. The molecule has 2 rings (SSSR count). The summed E-state index contributed by atoms with van der Waals surface area (Å²) in [6.45, 7) is 3.96. The summed E-state index contributed by atoms with van der Waals surface area (Å²) in [4.78, 5) is 13.6. The van der Waals surface area contributed by atoms with Crippen LogP contribution in [0.4, 0.5) is 11.4 Å². The molecule has 0 fully saturated rings. The molecule has 0 bridgehead atoms. The Hall–Kier alpha value is -1.22. The van der Waals surface area contributed by atoms with Crippen LogP contribution in [0, 0.1) is 6.92 Å². The lowest BCUT2D eigenvalue weighted by molar-refractivity contribution is -0.118. The lowest BCUT2D eigenvalue weighted by Gasteiger charge is -2.20. The Bertz CT molecular complexity index is 445. The molecule has 0 radical (unpaired) electrons. The fraction of sp³-hybridized carbons (Fsp3) is 0.417. The molecule has 1 heterocycles. The van der Waals surface area contributed by atoms with E-state index in [0.717, 1.165) is 16.9 Å². The van der Waals surface area contributed by atoms with Gasteiger partial charge in [0.1, 0.15) is 0 Å². The first-order chi connectivity index (χ1) is 7.49. The van der Waals surface area contributed by atoms with Crippen molar-refractivity contribution in [1.29, 1.82) is 0 Å². The first-order valence-electron chi connectivity index (χ1n) is 5.32. The highest BCUT2D eigenvalue weighted by molar-refractivity contribution is 6.31. The molecule has 0 saturated carbocycles. The second-order valence-electron chi connectivity index (χ2n) is 4.32. The summed E-state index contributed by atoms with van der Waals surface area (Å²) in [5, 5.41) is 4.01. The molecule has 1 amide bonds. The molecule has 3 nitrogen and oxygen atoms in total. The summed E-state index contributed by atoms with van der Waals surface area (Å²) < 4.78 is 0. The van der Waals surface area contributed by atoms with Crippen molar-refractivity contribution in [2.75, 3.05) is 17.3 Å². The van der Waals surface area contributed by atoms with Crippen molar-refractivity contribution in [3.05, 3.63) is 22.7 Å². The van der Waals surface area contributed by atoms with Crippen LogP contribution in [0.5, 0.6) is 0 Å². The van der Waals surface area contributed by atoms with E-state index in [1.165, 1.54) is 0 Å². The van der Waals surface area contributed by atoms with Gasteiger partial charge in [-0.25, -0.2) is 0 Å². The molecular weight excluding hydrogens is 224 g/mol. The molecule has 1 atom stereocenters. The minimum Gasteiger partial charge on any atom is -0.380 e. The van der Waals surface area contributed by atoms with E-state index >= 15 is 0 Å². The molecule has 1 N–H and O–H groups in total. The summed E-state index contributed by atoms with van der Waals surface area (Å²) >= 11 is 6.02. The predicted octanol–water partition coefficient (Wildman–Crippen LogP) is 2.82. The van der Waals surface area contributed by atoms with Crippen molar-refractivity contribution in [3.8, 4) is 0 Å². The van der Waals surface area contributed by atoms with Gasteiger partial charge in [0.25, 0.3) is 0 Å². The predicted molar refractivity (Wildman–Crippen MR) is 67.3 cm³/mol. The summed E-state index contributed by atoms with van der Waals surface area (Å²) in [6, 6.07) is 3.88. The van der Waals surface area contributed by atoms with Crippen molar-refractivity contribution in [2.45, 2.75) is 26.3 Å². The number of fused-ring (bicyclic) bond motifs is 1. The Morgan fingerprint density at radius 1 is 1.50 bits per heavy atom. The molecule has 1 unspecified atom stereocenters. The van der Waals surface area contributed by atoms with Crippen LogP contribution in [0.2, 0.25) is 5.02 Å². The Morgan fingerprint density at radius 2 is 2.19 bits per heavy atom. The van der Waals surface area contributed by atoms with Gasteiger partial charge >= 0.3 is 0 Å². The van der Waals surface area contributed by atoms with E-state index in [1.54, 1.807) is 4.90 Å². The van der Waals surface area contributed by atoms with E-state index in [4.69, 9.17) is 11.6 Å². The maximum Gasteiger partial charge on any atom is 0.228 e. The van der Waals surface area contributed by atoms with Gasteiger partial charge in [0.2, 0.25) is 5.91 Å². The zero-order valence-corrected chi connectivity index (χ0v) is 10.4. The number of benzene rings is 1. The lowest BCUT2D eigenvalue weighted by Crippen LogP contribution is -2.27. The molecule has 1 aromatic rings. The molecule has 86 valence electrons. The zero-order chi connectivity index (χ0) is 11.9. The van der Waals surface area contributed by atoms with E-state index in [9.17, 15) is 4.79 Å². The van der Waals surface area contributed by atoms with Crippen LogP contribution in [0.25, 0.3) is 0 Å². The van der Waals surface area contributed by atoms with Crippen LogP contribution in [-0.2, 0) is 4.79 Å². The molecule has 1 aliphatic rings. The van der Waals surface area contributed by atoms with Crippen LogP contribution in [-0.4, -0.2) is 19.0 Å². The van der Waals surface area contributed by atoms with Gasteiger partial charge < -0.3 is 10.2 Å². The largest absolute Gasteiger partial charge is 0.380 e. The number of nitrogens with zero attached hydrogens (tertiary/aromatic N) is 1. The molecule has 1 aromatic carbocycles. The summed E-state index contributed by atoms with van der Waals surface area (Å²) in [6.07, 6.45) is 0.502. The van der Waals surface area contributed by atoms with Gasteiger partial charge in [0.05, 0.1) is 11.4 Å². The zero-order valence-electron chi connectivity index (χ0n) is 9.67. The molecule has 0 spiro atoms. The number of aryl methyl sites for hydroxylation is 1. The number of hydrogen-bond acceptors (Lipinski definition) is 2. The van der Waals surface area contributed by atoms with Crippen LogP contribution in [0.1, 0.15) is 18.9 Å². The SMILES string of the molecule is Cc1cc(Cl)cc2c1N(C)C(=O)CC(C)N2. The highest BCUT2D eigenvalue weighted by Gasteiger charge is 2.24. The van der Waals surface area contributed by atoms with Gasteiger partial charge in [0, 0.05) is 24.5 Å². The van der Waals surface area contributed by atoms with Gasteiger partial charge in [-0.1, -0.05) is 11.6 Å². The van der Waals surface area contributed by atoms with E-state index in [0.29, 0.717) is 11.4 Å². The van der Waals surface area contributed by atoms with E-state index in [1.807, 2.05) is 33.0 Å².